The van der Waals surface area contributed by atoms with Crippen LogP contribution in [0.25, 0.3) is 11.3 Å². The molecule has 0 radical (unpaired) electrons. The van der Waals surface area contributed by atoms with Gasteiger partial charge in [-0.25, -0.2) is 0 Å². The SMILES string of the molecule is CNCCN(C)Cc1cn(CC(N)=O)nc1-c1ccc(OC(C)C)cc1. The van der Waals surface area contributed by atoms with Crippen molar-refractivity contribution < 1.29 is 9.53 Å². The summed E-state index contributed by atoms with van der Waals surface area (Å²) in [5.41, 5.74) is 8.23. The average Bonchev–Trinajstić information content (AvgIpc) is 2.94. The van der Waals surface area contributed by atoms with Gasteiger partial charge in [-0.1, -0.05) is 0 Å². The molecule has 3 N–H and O–H groups in total. The summed E-state index contributed by atoms with van der Waals surface area (Å²) in [5, 5.41) is 7.72. The van der Waals surface area contributed by atoms with Gasteiger partial charge in [-0.15, -0.1) is 0 Å². The van der Waals surface area contributed by atoms with Crippen molar-refractivity contribution >= 4 is 5.91 Å². The second-order valence-corrected chi connectivity index (χ2v) is 6.70. The molecule has 1 aromatic heterocycles. The van der Waals surface area contributed by atoms with Crippen LogP contribution >= 0.6 is 0 Å². The summed E-state index contributed by atoms with van der Waals surface area (Å²) in [6.45, 7) is 6.62. The van der Waals surface area contributed by atoms with Crippen LogP contribution in [0.2, 0.25) is 0 Å². The van der Waals surface area contributed by atoms with Crippen molar-refractivity contribution in [2.75, 3.05) is 27.2 Å². The van der Waals surface area contributed by atoms with Crippen LogP contribution < -0.4 is 15.8 Å². The van der Waals surface area contributed by atoms with Gasteiger partial charge in [0.05, 0.1) is 11.8 Å². The number of ether oxygens (including phenoxy) is 1. The average molecular weight is 359 g/mol. The van der Waals surface area contributed by atoms with Crippen molar-refractivity contribution in [3.63, 3.8) is 0 Å². The number of nitrogens with one attached hydrogen (secondary N) is 1. The lowest BCUT2D eigenvalue weighted by atomic mass is 10.1. The van der Waals surface area contributed by atoms with E-state index in [9.17, 15) is 4.79 Å². The van der Waals surface area contributed by atoms with Crippen molar-refractivity contribution in [1.29, 1.82) is 0 Å². The largest absolute Gasteiger partial charge is 0.491 e. The molecule has 26 heavy (non-hydrogen) atoms. The fourth-order valence-electron chi connectivity index (χ4n) is 2.70. The zero-order valence-electron chi connectivity index (χ0n) is 16.0. The first-order valence-corrected chi connectivity index (χ1v) is 8.84. The van der Waals surface area contributed by atoms with E-state index in [0.717, 1.165) is 42.2 Å². The van der Waals surface area contributed by atoms with Crippen LogP contribution in [0.3, 0.4) is 0 Å². The molecule has 0 unspecified atom stereocenters. The number of primary amides is 1. The lowest BCUT2D eigenvalue weighted by Gasteiger charge is -2.16. The van der Waals surface area contributed by atoms with E-state index >= 15 is 0 Å². The first kappa shape index (κ1) is 19.9. The highest BCUT2D eigenvalue weighted by Crippen LogP contribution is 2.26. The number of benzene rings is 1. The van der Waals surface area contributed by atoms with Crippen molar-refractivity contribution in [2.24, 2.45) is 5.73 Å². The van der Waals surface area contributed by atoms with Crippen LogP contribution in [-0.4, -0.2) is 53.9 Å². The molecule has 142 valence electrons. The number of rotatable bonds is 10. The van der Waals surface area contributed by atoms with E-state index in [1.807, 2.05) is 51.4 Å². The Morgan fingerprint density at radius 2 is 2.04 bits per heavy atom. The van der Waals surface area contributed by atoms with E-state index < -0.39 is 5.91 Å². The molecule has 0 aliphatic heterocycles. The molecule has 7 heteroatoms. The normalized spacial score (nSPS) is 11.3. The Morgan fingerprint density at radius 1 is 1.35 bits per heavy atom. The molecular formula is C19H29N5O2. The smallest absolute Gasteiger partial charge is 0.239 e. The van der Waals surface area contributed by atoms with Crippen molar-refractivity contribution in [3.05, 3.63) is 36.0 Å². The Kier molecular flexibility index (Phi) is 7.17. The van der Waals surface area contributed by atoms with Gasteiger partial charge < -0.3 is 20.7 Å². The summed E-state index contributed by atoms with van der Waals surface area (Å²) in [6, 6.07) is 7.87. The minimum Gasteiger partial charge on any atom is -0.491 e. The van der Waals surface area contributed by atoms with E-state index in [1.165, 1.54) is 0 Å². The highest BCUT2D eigenvalue weighted by molar-refractivity contribution is 5.73. The molecule has 0 saturated heterocycles. The molecular weight excluding hydrogens is 330 g/mol. The second-order valence-electron chi connectivity index (χ2n) is 6.70. The topological polar surface area (TPSA) is 85.4 Å². The monoisotopic (exact) mass is 359 g/mol. The standard InChI is InChI=1S/C19H29N5O2/c1-14(2)26-17-7-5-15(6-8-17)19-16(11-23(4)10-9-21-3)12-24(22-19)13-18(20)25/h5-8,12,14,21H,9-11,13H2,1-4H3,(H2,20,25). The zero-order chi connectivity index (χ0) is 19.1. The number of hydrogen-bond acceptors (Lipinski definition) is 5. The molecule has 0 atom stereocenters. The first-order chi connectivity index (χ1) is 12.4. The highest BCUT2D eigenvalue weighted by Gasteiger charge is 2.14. The number of amides is 1. The molecule has 2 aromatic rings. The number of nitrogens with two attached hydrogens (primary N) is 1. The Hall–Kier alpha value is -2.38. The predicted octanol–water partition coefficient (Wildman–Crippen LogP) is 1.47. The van der Waals surface area contributed by atoms with Gasteiger partial charge >= 0.3 is 0 Å². The van der Waals surface area contributed by atoms with Gasteiger partial charge in [0.15, 0.2) is 0 Å². The van der Waals surface area contributed by atoms with E-state index in [4.69, 9.17) is 10.5 Å². The molecule has 1 aromatic carbocycles. The molecule has 0 saturated carbocycles. The number of carbonyl (C=O) groups excluding carboxylic acids is 1. The maximum Gasteiger partial charge on any atom is 0.239 e. The highest BCUT2D eigenvalue weighted by atomic mass is 16.5. The van der Waals surface area contributed by atoms with E-state index in [0.29, 0.717) is 0 Å². The molecule has 0 fully saturated rings. The maximum absolute atomic E-state index is 11.3. The predicted molar refractivity (Wildman–Crippen MR) is 103 cm³/mol. The lowest BCUT2D eigenvalue weighted by molar-refractivity contribution is -0.118. The molecule has 0 bridgehead atoms. The van der Waals surface area contributed by atoms with E-state index in [1.54, 1.807) is 4.68 Å². The fourth-order valence-corrected chi connectivity index (χ4v) is 2.70. The Bertz CT molecular complexity index is 709. The molecule has 0 aliphatic rings. The summed E-state index contributed by atoms with van der Waals surface area (Å²) >= 11 is 0. The second kappa shape index (κ2) is 9.35. The van der Waals surface area contributed by atoms with Gasteiger partial charge in [-0.05, 0) is 52.2 Å². The van der Waals surface area contributed by atoms with Gasteiger partial charge in [0.25, 0.3) is 0 Å². The van der Waals surface area contributed by atoms with Crippen LogP contribution in [0, 0.1) is 0 Å². The summed E-state index contributed by atoms with van der Waals surface area (Å²) in [6.07, 6.45) is 2.03. The minimum atomic E-state index is -0.408. The first-order valence-electron chi connectivity index (χ1n) is 8.84. The lowest BCUT2D eigenvalue weighted by Crippen LogP contribution is -2.27. The molecule has 1 heterocycles. The Balaban J connectivity index is 2.26. The number of aromatic nitrogens is 2. The van der Waals surface area contributed by atoms with Crippen LogP contribution in [0.1, 0.15) is 19.4 Å². The van der Waals surface area contributed by atoms with Gasteiger partial charge in [-0.3, -0.25) is 9.48 Å². The van der Waals surface area contributed by atoms with Crippen molar-refractivity contribution in [1.82, 2.24) is 20.0 Å². The van der Waals surface area contributed by atoms with E-state index in [-0.39, 0.29) is 12.6 Å². The van der Waals surface area contributed by atoms with Crippen LogP contribution in [0.15, 0.2) is 30.5 Å². The fraction of sp³-hybridized carbons (Fsp3) is 0.474. The molecule has 7 nitrogen and oxygen atoms in total. The molecule has 0 aliphatic carbocycles. The van der Waals surface area contributed by atoms with Crippen molar-refractivity contribution in [3.8, 4) is 17.0 Å². The summed E-state index contributed by atoms with van der Waals surface area (Å²) in [7, 11) is 4.00. The summed E-state index contributed by atoms with van der Waals surface area (Å²) in [4.78, 5) is 13.5. The quantitative estimate of drug-likeness (QED) is 0.671. The van der Waals surface area contributed by atoms with Crippen LogP contribution in [0.5, 0.6) is 5.75 Å². The van der Waals surface area contributed by atoms with Gasteiger partial charge in [-0.2, -0.15) is 5.10 Å². The maximum atomic E-state index is 11.3. The zero-order valence-corrected chi connectivity index (χ0v) is 16.0. The Labute approximate surface area is 155 Å². The van der Waals surface area contributed by atoms with Crippen LogP contribution in [0.4, 0.5) is 0 Å². The van der Waals surface area contributed by atoms with Gasteiger partial charge in [0.1, 0.15) is 12.3 Å². The molecule has 1 amide bonds. The number of carbonyl (C=O) groups is 1. The van der Waals surface area contributed by atoms with Crippen LogP contribution in [-0.2, 0) is 17.9 Å². The Morgan fingerprint density at radius 3 is 2.62 bits per heavy atom. The minimum absolute atomic E-state index is 0.0712. The number of nitrogens with zero attached hydrogens (tertiary/aromatic N) is 3. The number of likely N-dealkylation sites (N-methyl/N-ethyl adjacent to an activating group) is 2. The third-order valence-electron chi connectivity index (χ3n) is 3.84. The van der Waals surface area contributed by atoms with E-state index in [2.05, 4.69) is 22.4 Å². The molecule has 2 rings (SSSR count). The van der Waals surface area contributed by atoms with Gasteiger partial charge in [0, 0.05) is 37.0 Å². The molecule has 0 spiro atoms. The third-order valence-corrected chi connectivity index (χ3v) is 3.84. The summed E-state index contributed by atoms with van der Waals surface area (Å²) in [5.74, 6) is 0.419. The third kappa shape index (κ3) is 5.86. The van der Waals surface area contributed by atoms with Gasteiger partial charge in [0.2, 0.25) is 5.91 Å². The van der Waals surface area contributed by atoms with Crippen molar-refractivity contribution in [2.45, 2.75) is 33.0 Å². The number of hydrogen-bond donors (Lipinski definition) is 2. The summed E-state index contributed by atoms with van der Waals surface area (Å²) < 4.78 is 7.31.